The molecule has 0 aliphatic rings. The molecule has 0 bridgehead atoms. The molecule has 1 rings (SSSR count). The van der Waals surface area contributed by atoms with Gasteiger partial charge in [-0.05, 0) is 18.4 Å². The summed E-state index contributed by atoms with van der Waals surface area (Å²) in [7, 11) is 0. The Balaban J connectivity index is 3.28. The van der Waals surface area contributed by atoms with Crippen molar-refractivity contribution in [2.24, 2.45) is 0 Å². The lowest BCUT2D eigenvalue weighted by Crippen LogP contribution is -2.03. The van der Waals surface area contributed by atoms with Gasteiger partial charge in [-0.2, -0.15) is 0 Å². The van der Waals surface area contributed by atoms with E-state index in [1.165, 1.54) is 6.07 Å². The maximum atomic E-state index is 13.5. The Morgan fingerprint density at radius 1 is 1.43 bits per heavy atom. The molecule has 1 aromatic carbocycles. The molecule has 0 atom stereocenters. The Morgan fingerprint density at radius 3 is 2.57 bits per heavy atom. The fourth-order valence-electron chi connectivity index (χ4n) is 1.13. The van der Waals surface area contributed by atoms with Crippen molar-refractivity contribution in [1.29, 1.82) is 0 Å². The zero-order chi connectivity index (χ0) is 10.7. The quantitative estimate of drug-likeness (QED) is 0.569. The van der Waals surface area contributed by atoms with Gasteiger partial charge in [0.1, 0.15) is 11.6 Å². The van der Waals surface area contributed by atoms with E-state index in [1.807, 2.05) is 0 Å². The van der Waals surface area contributed by atoms with Crippen LogP contribution in [0.25, 0.3) is 0 Å². The van der Waals surface area contributed by atoms with E-state index in [2.05, 4.69) is 0 Å². The van der Waals surface area contributed by atoms with Gasteiger partial charge in [-0.15, -0.1) is 11.8 Å². The van der Waals surface area contributed by atoms with Crippen LogP contribution in [0.3, 0.4) is 0 Å². The molecule has 4 heteroatoms. The molecule has 0 saturated carbocycles. The molecule has 1 nitrogen and oxygen atoms in total. The molecule has 0 aromatic heterocycles. The third kappa shape index (κ3) is 1.95. The third-order valence-corrected chi connectivity index (χ3v) is 2.66. The van der Waals surface area contributed by atoms with Gasteiger partial charge in [0.15, 0.2) is 5.78 Å². The van der Waals surface area contributed by atoms with Crippen LogP contribution < -0.4 is 0 Å². The number of carbonyl (C=O) groups excluding carboxylic acids is 1. The van der Waals surface area contributed by atoms with Crippen LogP contribution in [0, 0.1) is 11.6 Å². The number of carbonyl (C=O) groups is 1. The molecule has 14 heavy (non-hydrogen) atoms. The summed E-state index contributed by atoms with van der Waals surface area (Å²) < 4.78 is 26.5. The zero-order valence-corrected chi connectivity index (χ0v) is 8.75. The van der Waals surface area contributed by atoms with Gasteiger partial charge >= 0.3 is 0 Å². The maximum Gasteiger partial charge on any atom is 0.165 e. The van der Waals surface area contributed by atoms with Gasteiger partial charge in [0.2, 0.25) is 0 Å². The van der Waals surface area contributed by atoms with Crippen molar-refractivity contribution >= 4 is 17.5 Å². The minimum Gasteiger partial charge on any atom is -0.294 e. The molecular formula is C10H10F2OS. The van der Waals surface area contributed by atoms with Crippen molar-refractivity contribution in [2.45, 2.75) is 18.2 Å². The summed E-state index contributed by atoms with van der Waals surface area (Å²) in [5.74, 6) is -1.68. The van der Waals surface area contributed by atoms with Crippen molar-refractivity contribution < 1.29 is 13.6 Å². The van der Waals surface area contributed by atoms with Gasteiger partial charge in [-0.1, -0.05) is 6.92 Å². The molecule has 0 unspecified atom stereocenters. The first-order valence-electron chi connectivity index (χ1n) is 4.17. The van der Waals surface area contributed by atoms with Gasteiger partial charge in [0.05, 0.1) is 10.5 Å². The molecule has 0 fully saturated rings. The zero-order valence-electron chi connectivity index (χ0n) is 7.93. The second-order valence-electron chi connectivity index (χ2n) is 2.72. The number of hydrogen-bond donors (Lipinski definition) is 0. The van der Waals surface area contributed by atoms with Crippen molar-refractivity contribution in [3.05, 3.63) is 29.3 Å². The van der Waals surface area contributed by atoms with E-state index in [1.54, 1.807) is 13.2 Å². The monoisotopic (exact) mass is 216 g/mol. The normalized spacial score (nSPS) is 10.3. The summed E-state index contributed by atoms with van der Waals surface area (Å²) in [6.07, 6.45) is 1.79. The first kappa shape index (κ1) is 11.2. The van der Waals surface area contributed by atoms with Crippen molar-refractivity contribution in [3.63, 3.8) is 0 Å². The van der Waals surface area contributed by atoms with Crippen LogP contribution in [-0.2, 0) is 0 Å². The lowest BCUT2D eigenvalue weighted by molar-refractivity contribution is 0.0983. The molecule has 76 valence electrons. The van der Waals surface area contributed by atoms with Crippen molar-refractivity contribution in [1.82, 2.24) is 0 Å². The van der Waals surface area contributed by atoms with Crippen LogP contribution in [0.2, 0.25) is 0 Å². The highest BCUT2D eigenvalue weighted by atomic mass is 32.2. The fraction of sp³-hybridized carbons (Fsp3) is 0.300. The second kappa shape index (κ2) is 4.55. The Bertz CT molecular complexity index is 363. The highest BCUT2D eigenvalue weighted by Crippen LogP contribution is 2.25. The summed E-state index contributed by atoms with van der Waals surface area (Å²) in [4.78, 5) is 11.1. The molecule has 0 spiro atoms. The van der Waals surface area contributed by atoms with Crippen LogP contribution in [0.15, 0.2) is 17.0 Å². The largest absolute Gasteiger partial charge is 0.294 e. The van der Waals surface area contributed by atoms with Crippen LogP contribution in [0.5, 0.6) is 0 Å². The minimum atomic E-state index is -0.746. The van der Waals surface area contributed by atoms with E-state index in [4.69, 9.17) is 0 Å². The predicted molar refractivity (Wildman–Crippen MR) is 52.8 cm³/mol. The van der Waals surface area contributed by atoms with E-state index in [0.717, 1.165) is 17.8 Å². The van der Waals surface area contributed by atoms with Crippen LogP contribution in [0.4, 0.5) is 8.78 Å². The van der Waals surface area contributed by atoms with Crippen LogP contribution in [0.1, 0.15) is 23.7 Å². The molecule has 0 aliphatic heterocycles. The molecule has 0 N–H and O–H groups in total. The summed E-state index contributed by atoms with van der Waals surface area (Å²) in [6, 6.07) is 2.31. The number of halogens is 2. The molecule has 0 radical (unpaired) electrons. The first-order chi connectivity index (χ1) is 6.61. The van der Waals surface area contributed by atoms with Gasteiger partial charge in [0, 0.05) is 6.42 Å². The van der Waals surface area contributed by atoms with Gasteiger partial charge < -0.3 is 0 Å². The molecule has 0 saturated heterocycles. The van der Waals surface area contributed by atoms with Crippen LogP contribution >= 0.6 is 11.8 Å². The number of rotatable bonds is 3. The van der Waals surface area contributed by atoms with Crippen LogP contribution in [-0.4, -0.2) is 12.0 Å². The lowest BCUT2D eigenvalue weighted by atomic mass is 10.1. The van der Waals surface area contributed by atoms with E-state index < -0.39 is 11.6 Å². The number of thioether (sulfide) groups is 1. The Hall–Kier alpha value is -0.900. The lowest BCUT2D eigenvalue weighted by Gasteiger charge is -2.05. The maximum absolute atomic E-state index is 13.5. The smallest absolute Gasteiger partial charge is 0.165 e. The first-order valence-corrected chi connectivity index (χ1v) is 5.39. The summed E-state index contributed by atoms with van der Waals surface area (Å²) in [5.41, 5.74) is -0.0294. The number of benzene rings is 1. The Morgan fingerprint density at radius 2 is 2.07 bits per heavy atom. The van der Waals surface area contributed by atoms with Gasteiger partial charge in [-0.25, -0.2) is 8.78 Å². The van der Waals surface area contributed by atoms with Gasteiger partial charge in [0.25, 0.3) is 0 Å². The summed E-state index contributed by atoms with van der Waals surface area (Å²) in [5, 5.41) is 0. The standard InChI is InChI=1S/C10H10F2OS/c1-3-8(13)6-4-5-7(11)10(14-2)9(6)12/h4-5H,3H2,1-2H3. The number of Topliss-reactive ketones (excluding diaryl/α,β-unsaturated/α-hetero) is 1. The highest BCUT2D eigenvalue weighted by Gasteiger charge is 2.16. The number of hydrogen-bond acceptors (Lipinski definition) is 2. The van der Waals surface area contributed by atoms with E-state index in [-0.39, 0.29) is 22.7 Å². The average Bonchev–Trinajstić information content (AvgIpc) is 2.18. The average molecular weight is 216 g/mol. The Labute approximate surface area is 85.5 Å². The van der Waals surface area contributed by atoms with Crippen molar-refractivity contribution in [3.8, 4) is 0 Å². The van der Waals surface area contributed by atoms with E-state index >= 15 is 0 Å². The van der Waals surface area contributed by atoms with E-state index in [0.29, 0.717) is 0 Å². The van der Waals surface area contributed by atoms with E-state index in [9.17, 15) is 13.6 Å². The Kier molecular flexibility index (Phi) is 3.63. The summed E-state index contributed by atoms with van der Waals surface area (Å²) >= 11 is 0.962. The SMILES string of the molecule is CCC(=O)c1ccc(F)c(SC)c1F. The summed E-state index contributed by atoms with van der Waals surface area (Å²) in [6.45, 7) is 1.64. The molecule has 0 aliphatic carbocycles. The highest BCUT2D eigenvalue weighted by molar-refractivity contribution is 7.98. The molecule has 1 aromatic rings. The number of ketones is 1. The van der Waals surface area contributed by atoms with Crippen molar-refractivity contribution in [2.75, 3.05) is 6.26 Å². The fourth-order valence-corrected chi connectivity index (χ4v) is 1.68. The van der Waals surface area contributed by atoms with Gasteiger partial charge in [-0.3, -0.25) is 4.79 Å². The molecular weight excluding hydrogens is 206 g/mol. The molecule has 0 heterocycles. The predicted octanol–water partition coefficient (Wildman–Crippen LogP) is 3.28. The molecule has 0 amide bonds. The topological polar surface area (TPSA) is 17.1 Å². The second-order valence-corrected chi connectivity index (χ2v) is 3.54. The minimum absolute atomic E-state index is 0.0294. The third-order valence-electron chi connectivity index (χ3n) is 1.87.